The third kappa shape index (κ3) is 2.19. The summed E-state index contributed by atoms with van der Waals surface area (Å²) in [7, 11) is 4.19. The Labute approximate surface area is 99.6 Å². The first kappa shape index (κ1) is 11.0. The fourth-order valence-corrected chi connectivity index (χ4v) is 3.29. The highest BCUT2D eigenvalue weighted by atomic mass is 79.9. The van der Waals surface area contributed by atoms with Gasteiger partial charge in [-0.1, -0.05) is 28.8 Å². The van der Waals surface area contributed by atoms with Crippen molar-refractivity contribution in [2.75, 3.05) is 11.9 Å². The molecular weight excluding hydrogens is 254 g/mol. The lowest BCUT2D eigenvalue weighted by atomic mass is 9.94. The van der Waals surface area contributed by atoms with Crippen LogP contribution in [0.2, 0.25) is 0 Å². The maximum absolute atomic E-state index is 4.39. The van der Waals surface area contributed by atoms with Gasteiger partial charge >= 0.3 is 0 Å². The normalized spacial score (nSPS) is 26.6. The molecule has 1 saturated carbocycles. The molecular formula is C11H18BrN3. The molecule has 1 fully saturated rings. The van der Waals surface area contributed by atoms with E-state index in [1.54, 1.807) is 0 Å². The lowest BCUT2D eigenvalue weighted by Gasteiger charge is -2.35. The number of hydrogen-bond donors (Lipinski definition) is 0. The van der Waals surface area contributed by atoms with E-state index in [0.717, 1.165) is 5.95 Å². The summed E-state index contributed by atoms with van der Waals surface area (Å²) in [5, 5.41) is 0. The number of alkyl halides is 1. The third-order valence-corrected chi connectivity index (χ3v) is 4.32. The first-order chi connectivity index (χ1) is 7.20. The summed E-state index contributed by atoms with van der Waals surface area (Å²) < 4.78 is 2.08. The standard InChI is InChI=1S/C11H18BrN3/c1-14-8-7-13-11(14)15(2)10-6-4-3-5-9(10)12/h7-10H,3-6H2,1-2H3. The second kappa shape index (κ2) is 4.56. The topological polar surface area (TPSA) is 21.1 Å². The van der Waals surface area contributed by atoms with E-state index >= 15 is 0 Å². The second-order valence-electron chi connectivity index (χ2n) is 4.32. The fourth-order valence-electron chi connectivity index (χ4n) is 2.35. The predicted molar refractivity (Wildman–Crippen MR) is 66.6 cm³/mol. The average molecular weight is 272 g/mol. The molecule has 4 heteroatoms. The van der Waals surface area contributed by atoms with Crippen molar-refractivity contribution in [2.24, 2.45) is 7.05 Å². The third-order valence-electron chi connectivity index (χ3n) is 3.26. The van der Waals surface area contributed by atoms with Crippen molar-refractivity contribution in [1.82, 2.24) is 9.55 Å². The molecule has 0 N–H and O–H groups in total. The lowest BCUT2D eigenvalue weighted by molar-refractivity contribution is 0.438. The minimum Gasteiger partial charge on any atom is -0.341 e. The molecule has 0 bridgehead atoms. The number of aryl methyl sites for hydroxylation is 1. The quantitative estimate of drug-likeness (QED) is 0.771. The number of anilines is 1. The van der Waals surface area contributed by atoms with E-state index in [0.29, 0.717) is 10.9 Å². The molecule has 2 unspecified atom stereocenters. The van der Waals surface area contributed by atoms with Crippen LogP contribution in [-0.2, 0) is 7.05 Å². The van der Waals surface area contributed by atoms with Crippen LogP contribution in [0.4, 0.5) is 5.95 Å². The van der Waals surface area contributed by atoms with Gasteiger partial charge in [-0.3, -0.25) is 0 Å². The van der Waals surface area contributed by atoms with Gasteiger partial charge in [0.15, 0.2) is 0 Å². The van der Waals surface area contributed by atoms with Gasteiger partial charge in [-0.15, -0.1) is 0 Å². The smallest absolute Gasteiger partial charge is 0.205 e. The number of halogens is 1. The van der Waals surface area contributed by atoms with E-state index in [9.17, 15) is 0 Å². The van der Waals surface area contributed by atoms with Crippen molar-refractivity contribution < 1.29 is 0 Å². The molecule has 2 rings (SSSR count). The monoisotopic (exact) mass is 271 g/mol. The van der Waals surface area contributed by atoms with Gasteiger partial charge in [0.25, 0.3) is 0 Å². The summed E-state index contributed by atoms with van der Waals surface area (Å²) in [4.78, 5) is 7.30. The molecule has 1 aromatic rings. The minimum atomic E-state index is 0.583. The number of rotatable bonds is 2. The maximum atomic E-state index is 4.39. The summed E-state index contributed by atoms with van der Waals surface area (Å²) in [6.45, 7) is 0. The van der Waals surface area contributed by atoms with Gasteiger partial charge in [0.2, 0.25) is 5.95 Å². The molecule has 0 saturated heterocycles. The number of hydrogen-bond acceptors (Lipinski definition) is 2. The summed E-state index contributed by atoms with van der Waals surface area (Å²) in [6.07, 6.45) is 9.08. The Kier molecular flexibility index (Phi) is 3.34. The van der Waals surface area contributed by atoms with Gasteiger partial charge in [0, 0.05) is 37.4 Å². The van der Waals surface area contributed by atoms with Crippen molar-refractivity contribution >= 4 is 21.9 Å². The van der Waals surface area contributed by atoms with Crippen LogP contribution in [0.25, 0.3) is 0 Å². The number of imidazole rings is 1. The zero-order chi connectivity index (χ0) is 10.8. The molecule has 0 aromatic carbocycles. The van der Waals surface area contributed by atoms with Gasteiger partial charge in [-0.25, -0.2) is 4.98 Å². The highest BCUT2D eigenvalue weighted by molar-refractivity contribution is 9.09. The average Bonchev–Trinajstić information content (AvgIpc) is 2.64. The highest BCUT2D eigenvalue weighted by Crippen LogP contribution is 2.29. The molecule has 1 aliphatic carbocycles. The molecule has 1 aliphatic rings. The van der Waals surface area contributed by atoms with Gasteiger partial charge in [0.1, 0.15) is 0 Å². The Bertz CT molecular complexity index is 323. The summed E-state index contributed by atoms with van der Waals surface area (Å²) in [5.74, 6) is 1.06. The van der Waals surface area contributed by atoms with Gasteiger partial charge in [-0.2, -0.15) is 0 Å². The number of aromatic nitrogens is 2. The van der Waals surface area contributed by atoms with E-state index in [1.165, 1.54) is 25.7 Å². The molecule has 3 nitrogen and oxygen atoms in total. The molecule has 84 valence electrons. The van der Waals surface area contributed by atoms with Crippen LogP contribution in [0.15, 0.2) is 12.4 Å². The molecule has 1 aromatic heterocycles. The van der Waals surface area contributed by atoms with Crippen LogP contribution in [0.3, 0.4) is 0 Å². The fraction of sp³-hybridized carbons (Fsp3) is 0.727. The molecule has 0 aliphatic heterocycles. The van der Waals surface area contributed by atoms with E-state index in [1.807, 2.05) is 19.4 Å². The molecule has 0 spiro atoms. The Morgan fingerprint density at radius 3 is 2.80 bits per heavy atom. The first-order valence-corrected chi connectivity index (χ1v) is 6.46. The molecule has 0 radical (unpaired) electrons. The molecule has 2 atom stereocenters. The van der Waals surface area contributed by atoms with Crippen LogP contribution in [-0.4, -0.2) is 27.5 Å². The van der Waals surface area contributed by atoms with Gasteiger partial charge < -0.3 is 9.47 Å². The second-order valence-corrected chi connectivity index (χ2v) is 5.49. The van der Waals surface area contributed by atoms with Crippen molar-refractivity contribution in [2.45, 2.75) is 36.6 Å². The van der Waals surface area contributed by atoms with E-state index in [4.69, 9.17) is 0 Å². The Hall–Kier alpha value is -0.510. The van der Waals surface area contributed by atoms with Crippen molar-refractivity contribution in [3.8, 4) is 0 Å². The highest BCUT2D eigenvalue weighted by Gasteiger charge is 2.27. The number of nitrogens with zero attached hydrogens (tertiary/aromatic N) is 3. The molecule has 0 amide bonds. The van der Waals surface area contributed by atoms with E-state index in [2.05, 4.69) is 37.4 Å². The zero-order valence-electron chi connectivity index (χ0n) is 9.36. The largest absolute Gasteiger partial charge is 0.341 e. The summed E-state index contributed by atoms with van der Waals surface area (Å²) in [5.41, 5.74) is 0. The summed E-state index contributed by atoms with van der Waals surface area (Å²) >= 11 is 3.79. The Morgan fingerprint density at radius 2 is 2.20 bits per heavy atom. The van der Waals surface area contributed by atoms with Crippen LogP contribution in [0.1, 0.15) is 25.7 Å². The minimum absolute atomic E-state index is 0.583. The van der Waals surface area contributed by atoms with Crippen LogP contribution < -0.4 is 4.90 Å². The Morgan fingerprint density at radius 1 is 1.47 bits per heavy atom. The first-order valence-electron chi connectivity index (χ1n) is 5.54. The van der Waals surface area contributed by atoms with Crippen LogP contribution in [0, 0.1) is 0 Å². The van der Waals surface area contributed by atoms with E-state index < -0.39 is 0 Å². The van der Waals surface area contributed by atoms with Crippen LogP contribution >= 0.6 is 15.9 Å². The SMILES string of the molecule is CN(c1nccn1C)C1CCCCC1Br. The summed E-state index contributed by atoms with van der Waals surface area (Å²) in [6, 6.07) is 0.583. The molecule has 1 heterocycles. The van der Waals surface area contributed by atoms with Crippen molar-refractivity contribution in [1.29, 1.82) is 0 Å². The van der Waals surface area contributed by atoms with Gasteiger partial charge in [-0.05, 0) is 12.8 Å². The maximum Gasteiger partial charge on any atom is 0.205 e. The van der Waals surface area contributed by atoms with Gasteiger partial charge in [0.05, 0.1) is 0 Å². The molecule has 15 heavy (non-hydrogen) atoms. The van der Waals surface area contributed by atoms with Crippen molar-refractivity contribution in [3.05, 3.63) is 12.4 Å². The van der Waals surface area contributed by atoms with Crippen LogP contribution in [0.5, 0.6) is 0 Å². The van der Waals surface area contributed by atoms with Crippen molar-refractivity contribution in [3.63, 3.8) is 0 Å². The Balaban J connectivity index is 2.13. The lowest BCUT2D eigenvalue weighted by Crippen LogP contribution is -2.41. The zero-order valence-corrected chi connectivity index (χ0v) is 10.9. The predicted octanol–water partition coefficient (Wildman–Crippen LogP) is 2.56. The van der Waals surface area contributed by atoms with E-state index in [-0.39, 0.29) is 0 Å².